The monoisotopic (exact) mass is 215 g/mol. The van der Waals surface area contributed by atoms with Crippen molar-refractivity contribution in [1.29, 1.82) is 0 Å². The third-order valence-electron chi connectivity index (χ3n) is 2.07. The molecule has 1 aromatic carbocycles. The third-order valence-corrected chi connectivity index (χ3v) is 2.07. The predicted octanol–water partition coefficient (Wildman–Crippen LogP) is 2.00. The third kappa shape index (κ3) is 2.97. The van der Waals surface area contributed by atoms with Crippen molar-refractivity contribution in [3.63, 3.8) is 0 Å². The minimum absolute atomic E-state index is 0.0878. The van der Waals surface area contributed by atoms with E-state index in [2.05, 4.69) is 5.32 Å². The zero-order valence-corrected chi connectivity index (χ0v) is 8.80. The van der Waals surface area contributed by atoms with Gasteiger partial charge < -0.3 is 10.4 Å². The molecule has 0 aliphatic heterocycles. The molecule has 0 aromatic heterocycles. The predicted molar refractivity (Wildman–Crippen MR) is 54.5 cm³/mol. The number of halogens is 2. The van der Waals surface area contributed by atoms with Crippen LogP contribution in [0.25, 0.3) is 0 Å². The van der Waals surface area contributed by atoms with Gasteiger partial charge in [0.25, 0.3) is 0 Å². The van der Waals surface area contributed by atoms with Crippen molar-refractivity contribution in [2.75, 3.05) is 6.61 Å². The van der Waals surface area contributed by atoms with Gasteiger partial charge in [-0.15, -0.1) is 0 Å². The largest absolute Gasteiger partial charge is 0.394 e. The van der Waals surface area contributed by atoms with E-state index in [1.165, 1.54) is 12.1 Å². The molecule has 1 atom stereocenters. The Labute approximate surface area is 87.9 Å². The topological polar surface area (TPSA) is 32.3 Å². The molecule has 0 radical (unpaired) electrons. The molecule has 2 N–H and O–H groups in total. The second-order valence-corrected chi connectivity index (χ2v) is 3.70. The highest BCUT2D eigenvalue weighted by Crippen LogP contribution is 2.19. The highest BCUT2D eigenvalue weighted by atomic mass is 19.2. The van der Waals surface area contributed by atoms with E-state index in [-0.39, 0.29) is 18.2 Å². The highest BCUT2D eigenvalue weighted by Gasteiger charge is 2.17. The van der Waals surface area contributed by atoms with Crippen molar-refractivity contribution in [1.82, 2.24) is 5.32 Å². The van der Waals surface area contributed by atoms with Crippen molar-refractivity contribution in [3.8, 4) is 0 Å². The zero-order valence-electron chi connectivity index (χ0n) is 8.80. The standard InChI is InChI=1S/C11H15F2NO/c1-7(2)14-10(6-15)8-4-3-5-9(12)11(8)13/h3-5,7,10,14-15H,6H2,1-2H3. The number of aliphatic hydroxyl groups is 1. The lowest BCUT2D eigenvalue weighted by molar-refractivity contribution is 0.233. The summed E-state index contributed by atoms with van der Waals surface area (Å²) in [4.78, 5) is 0. The van der Waals surface area contributed by atoms with Crippen molar-refractivity contribution < 1.29 is 13.9 Å². The molecule has 0 amide bonds. The maximum atomic E-state index is 13.4. The zero-order chi connectivity index (χ0) is 11.4. The maximum Gasteiger partial charge on any atom is 0.163 e. The first kappa shape index (κ1) is 12.1. The summed E-state index contributed by atoms with van der Waals surface area (Å²) in [7, 11) is 0. The Morgan fingerprint density at radius 1 is 1.33 bits per heavy atom. The van der Waals surface area contributed by atoms with Gasteiger partial charge >= 0.3 is 0 Å². The van der Waals surface area contributed by atoms with Crippen LogP contribution in [0.15, 0.2) is 18.2 Å². The van der Waals surface area contributed by atoms with Crippen molar-refractivity contribution >= 4 is 0 Å². The SMILES string of the molecule is CC(C)NC(CO)c1cccc(F)c1F. The number of benzene rings is 1. The molecular weight excluding hydrogens is 200 g/mol. The van der Waals surface area contributed by atoms with Gasteiger partial charge in [0, 0.05) is 11.6 Å². The van der Waals surface area contributed by atoms with E-state index in [1.54, 1.807) is 0 Å². The number of hydrogen-bond acceptors (Lipinski definition) is 2. The molecule has 0 aliphatic rings. The number of nitrogens with one attached hydrogen (secondary N) is 1. The van der Waals surface area contributed by atoms with Crippen LogP contribution in [0.5, 0.6) is 0 Å². The molecule has 1 unspecified atom stereocenters. The Morgan fingerprint density at radius 2 is 2.00 bits per heavy atom. The highest BCUT2D eigenvalue weighted by molar-refractivity contribution is 5.22. The molecule has 0 heterocycles. The Morgan fingerprint density at radius 3 is 2.53 bits per heavy atom. The van der Waals surface area contributed by atoms with Gasteiger partial charge in [-0.3, -0.25) is 0 Å². The molecule has 0 bridgehead atoms. The Bertz CT molecular complexity index is 328. The molecule has 1 rings (SSSR count). The van der Waals surface area contributed by atoms with E-state index in [1.807, 2.05) is 13.8 Å². The van der Waals surface area contributed by atoms with Crippen molar-refractivity contribution in [2.45, 2.75) is 25.9 Å². The first-order valence-corrected chi connectivity index (χ1v) is 4.87. The van der Waals surface area contributed by atoms with Crippen LogP contribution in [-0.2, 0) is 0 Å². The van der Waals surface area contributed by atoms with Crippen LogP contribution in [0, 0.1) is 11.6 Å². The summed E-state index contributed by atoms with van der Waals surface area (Å²) in [5.41, 5.74) is 0.159. The van der Waals surface area contributed by atoms with Crippen molar-refractivity contribution in [2.24, 2.45) is 0 Å². The lowest BCUT2D eigenvalue weighted by Crippen LogP contribution is -2.31. The van der Waals surface area contributed by atoms with Crippen LogP contribution in [-0.4, -0.2) is 17.8 Å². The summed E-state index contributed by atoms with van der Waals surface area (Å²) >= 11 is 0. The van der Waals surface area contributed by atoms with Gasteiger partial charge in [0.1, 0.15) is 0 Å². The van der Waals surface area contributed by atoms with Crippen LogP contribution < -0.4 is 5.32 Å². The minimum Gasteiger partial charge on any atom is -0.394 e. The summed E-state index contributed by atoms with van der Waals surface area (Å²) in [6.45, 7) is 3.48. The lowest BCUT2D eigenvalue weighted by Gasteiger charge is -2.20. The summed E-state index contributed by atoms with van der Waals surface area (Å²) in [6, 6.07) is 3.47. The normalized spacial score (nSPS) is 13.2. The molecule has 0 saturated carbocycles. The van der Waals surface area contributed by atoms with E-state index in [4.69, 9.17) is 5.11 Å². The summed E-state index contributed by atoms with van der Waals surface area (Å²) < 4.78 is 26.3. The van der Waals surface area contributed by atoms with E-state index >= 15 is 0 Å². The molecule has 15 heavy (non-hydrogen) atoms. The number of hydrogen-bond donors (Lipinski definition) is 2. The molecule has 4 heteroatoms. The number of aliphatic hydroxyl groups excluding tert-OH is 1. The second-order valence-electron chi connectivity index (χ2n) is 3.70. The van der Waals surface area contributed by atoms with Crippen LogP contribution >= 0.6 is 0 Å². The van der Waals surface area contributed by atoms with E-state index in [9.17, 15) is 8.78 Å². The Kier molecular flexibility index (Phi) is 4.17. The van der Waals surface area contributed by atoms with Gasteiger partial charge in [0.15, 0.2) is 11.6 Å². The average molecular weight is 215 g/mol. The van der Waals surface area contributed by atoms with Gasteiger partial charge in [-0.05, 0) is 6.07 Å². The molecule has 1 aromatic rings. The van der Waals surface area contributed by atoms with Crippen LogP contribution in [0.1, 0.15) is 25.5 Å². The van der Waals surface area contributed by atoms with Gasteiger partial charge in [0.05, 0.1) is 12.6 Å². The fraction of sp³-hybridized carbons (Fsp3) is 0.455. The minimum atomic E-state index is -0.898. The Hall–Kier alpha value is -1.00. The van der Waals surface area contributed by atoms with Crippen LogP contribution in [0.2, 0.25) is 0 Å². The van der Waals surface area contributed by atoms with Crippen LogP contribution in [0.3, 0.4) is 0 Å². The molecule has 2 nitrogen and oxygen atoms in total. The van der Waals surface area contributed by atoms with Crippen molar-refractivity contribution in [3.05, 3.63) is 35.4 Å². The summed E-state index contributed by atoms with van der Waals surface area (Å²) in [5, 5.41) is 12.0. The van der Waals surface area contributed by atoms with Crippen LogP contribution in [0.4, 0.5) is 8.78 Å². The smallest absolute Gasteiger partial charge is 0.163 e. The van der Waals surface area contributed by atoms with E-state index < -0.39 is 17.7 Å². The maximum absolute atomic E-state index is 13.4. The molecule has 84 valence electrons. The molecule has 0 saturated heterocycles. The fourth-order valence-electron chi connectivity index (χ4n) is 1.43. The van der Waals surface area contributed by atoms with Gasteiger partial charge in [-0.2, -0.15) is 0 Å². The van der Waals surface area contributed by atoms with Gasteiger partial charge in [0.2, 0.25) is 0 Å². The number of rotatable bonds is 4. The van der Waals surface area contributed by atoms with Gasteiger partial charge in [-0.25, -0.2) is 8.78 Å². The summed E-state index contributed by atoms with van der Waals surface area (Å²) in [6.07, 6.45) is 0. The molecular formula is C11H15F2NO. The molecule has 0 aliphatic carbocycles. The van der Waals surface area contributed by atoms with Gasteiger partial charge in [-0.1, -0.05) is 26.0 Å². The Balaban J connectivity index is 2.96. The summed E-state index contributed by atoms with van der Waals surface area (Å²) in [5.74, 6) is -1.79. The molecule has 0 spiro atoms. The van der Waals surface area contributed by atoms with E-state index in [0.717, 1.165) is 6.07 Å². The van der Waals surface area contributed by atoms with E-state index in [0.29, 0.717) is 0 Å². The molecule has 0 fully saturated rings. The lowest BCUT2D eigenvalue weighted by atomic mass is 10.1. The first-order chi connectivity index (χ1) is 7.06. The second kappa shape index (κ2) is 5.19. The fourth-order valence-corrected chi connectivity index (χ4v) is 1.43. The quantitative estimate of drug-likeness (QED) is 0.805. The average Bonchev–Trinajstić information content (AvgIpc) is 2.19. The first-order valence-electron chi connectivity index (χ1n) is 4.87.